The number of aromatic amines is 1. The summed E-state index contributed by atoms with van der Waals surface area (Å²) in [6, 6.07) is 12.0. The van der Waals surface area contributed by atoms with E-state index in [1.807, 2.05) is 41.5 Å². The summed E-state index contributed by atoms with van der Waals surface area (Å²) in [6.45, 7) is 11.9. The molecule has 2 rings (SSSR count). The van der Waals surface area contributed by atoms with Gasteiger partial charge in [-0.3, -0.25) is 14.3 Å². The number of aromatic nitrogens is 2. The van der Waals surface area contributed by atoms with Gasteiger partial charge >= 0.3 is 11.7 Å². The number of carbonyl (C=O) groups excluding carboxylic acids is 1. The molecule has 12 heteroatoms. The van der Waals surface area contributed by atoms with Gasteiger partial charge in [0.25, 0.3) is 14.1 Å². The third-order valence-electron chi connectivity index (χ3n) is 5.70. The maximum atomic E-state index is 12.6. The van der Waals surface area contributed by atoms with Gasteiger partial charge in [0.1, 0.15) is 6.61 Å². The molecule has 0 aliphatic heterocycles. The third kappa shape index (κ3) is 9.99. The van der Waals surface area contributed by atoms with Crippen molar-refractivity contribution in [3.63, 3.8) is 0 Å². The highest BCUT2D eigenvalue weighted by molar-refractivity contribution is 7.44. The van der Waals surface area contributed by atoms with E-state index in [0.29, 0.717) is 12.0 Å². The van der Waals surface area contributed by atoms with Crippen LogP contribution in [0.2, 0.25) is 0 Å². The standard InChI is InChI=1S/C27H39N4O7P/c1-7-23(21(6)38-39(36-17-11-15-28)31(19(2)3)20(4)5)37-25(30-16-14-24(32)29-27(30)34)18-35-26(33)22-12-9-8-10-13-22/h8-10,12-14,16,19-21,23,25H,7,11,17-18H2,1-6H3,(H,29,32,34)/t21-,23?,25?,39?/m1/s1. The maximum absolute atomic E-state index is 12.6. The predicted molar refractivity (Wildman–Crippen MR) is 148 cm³/mol. The van der Waals surface area contributed by atoms with Gasteiger partial charge in [-0.25, -0.2) is 14.3 Å². The van der Waals surface area contributed by atoms with Crippen molar-refractivity contribution >= 4 is 14.5 Å². The van der Waals surface area contributed by atoms with Crippen LogP contribution in [0, 0.1) is 11.3 Å². The maximum Gasteiger partial charge on any atom is 0.338 e. The van der Waals surface area contributed by atoms with Gasteiger partial charge in [-0.05, 0) is 53.2 Å². The average Bonchev–Trinajstić information content (AvgIpc) is 2.89. The average molecular weight is 563 g/mol. The predicted octanol–water partition coefficient (Wildman–Crippen LogP) is 4.37. The number of nitrogens with one attached hydrogen (secondary N) is 1. The molecule has 0 bridgehead atoms. The molecule has 4 atom stereocenters. The van der Waals surface area contributed by atoms with Crippen molar-refractivity contribution in [2.24, 2.45) is 0 Å². The summed E-state index contributed by atoms with van der Waals surface area (Å²) in [6.07, 6.45) is -0.0118. The van der Waals surface area contributed by atoms with E-state index >= 15 is 0 Å². The monoisotopic (exact) mass is 562 g/mol. The normalized spacial score (nSPS) is 14.7. The highest BCUT2D eigenvalue weighted by Gasteiger charge is 2.32. The van der Waals surface area contributed by atoms with Crippen LogP contribution in [0.15, 0.2) is 52.2 Å². The lowest BCUT2D eigenvalue weighted by molar-refractivity contribution is -0.119. The Morgan fingerprint density at radius 2 is 1.77 bits per heavy atom. The molecule has 1 heterocycles. The summed E-state index contributed by atoms with van der Waals surface area (Å²) in [5, 5.41) is 8.97. The summed E-state index contributed by atoms with van der Waals surface area (Å²) >= 11 is 0. The quantitative estimate of drug-likeness (QED) is 0.180. The Hall–Kier alpha value is -2.87. The smallest absolute Gasteiger partial charge is 0.338 e. The van der Waals surface area contributed by atoms with Gasteiger partial charge in [-0.15, -0.1) is 0 Å². The van der Waals surface area contributed by atoms with Gasteiger partial charge < -0.3 is 18.5 Å². The van der Waals surface area contributed by atoms with Crippen LogP contribution in [0.3, 0.4) is 0 Å². The van der Waals surface area contributed by atoms with E-state index in [1.165, 1.54) is 16.8 Å². The molecule has 2 aromatic rings. The van der Waals surface area contributed by atoms with Crippen LogP contribution in [0.4, 0.5) is 0 Å². The second-order valence-corrected chi connectivity index (χ2v) is 10.8. The summed E-state index contributed by atoms with van der Waals surface area (Å²) in [5.74, 6) is -0.571. The molecule has 0 aliphatic carbocycles. The number of nitriles is 1. The SMILES string of the molecule is CCC(OC(COC(=O)c1ccccc1)n1ccc(=O)[nH]c1=O)[C@@H](C)OP(OCCC#N)N(C(C)C)C(C)C. The van der Waals surface area contributed by atoms with Gasteiger partial charge in [-0.2, -0.15) is 5.26 Å². The second kappa shape index (κ2) is 16.3. The number of ether oxygens (including phenoxy) is 2. The summed E-state index contributed by atoms with van der Waals surface area (Å²) in [5.41, 5.74) is -0.890. The van der Waals surface area contributed by atoms with Gasteiger partial charge in [0.05, 0.1) is 36.9 Å². The lowest BCUT2D eigenvalue weighted by Gasteiger charge is -2.38. The molecule has 1 aromatic heterocycles. The van der Waals surface area contributed by atoms with E-state index in [2.05, 4.69) is 15.7 Å². The molecule has 0 fully saturated rings. The lowest BCUT2D eigenvalue weighted by atomic mass is 10.2. The van der Waals surface area contributed by atoms with Crippen molar-refractivity contribution in [2.45, 2.75) is 84.9 Å². The van der Waals surface area contributed by atoms with E-state index in [1.54, 1.807) is 30.3 Å². The zero-order valence-corrected chi connectivity index (χ0v) is 24.3. The lowest BCUT2D eigenvalue weighted by Crippen LogP contribution is -2.40. The van der Waals surface area contributed by atoms with E-state index < -0.39 is 44.2 Å². The van der Waals surface area contributed by atoms with Crippen LogP contribution >= 0.6 is 8.53 Å². The molecule has 0 amide bonds. The van der Waals surface area contributed by atoms with Crippen LogP contribution in [0.5, 0.6) is 0 Å². The second-order valence-electron chi connectivity index (χ2n) is 9.38. The van der Waals surface area contributed by atoms with Gasteiger partial charge in [0, 0.05) is 24.3 Å². The molecule has 0 aliphatic rings. The fourth-order valence-electron chi connectivity index (χ4n) is 3.89. The van der Waals surface area contributed by atoms with Crippen molar-refractivity contribution in [3.05, 3.63) is 69.0 Å². The van der Waals surface area contributed by atoms with Crippen molar-refractivity contribution < 1.29 is 23.3 Å². The van der Waals surface area contributed by atoms with Gasteiger partial charge in [-0.1, -0.05) is 25.1 Å². The molecule has 3 unspecified atom stereocenters. The fraction of sp³-hybridized carbons (Fsp3) is 0.556. The Morgan fingerprint density at radius 3 is 2.33 bits per heavy atom. The molecule has 1 aromatic carbocycles. The van der Waals surface area contributed by atoms with Crippen LogP contribution in [0.1, 0.15) is 71.0 Å². The zero-order valence-electron chi connectivity index (χ0n) is 23.4. The third-order valence-corrected chi connectivity index (χ3v) is 7.92. The Bertz CT molecular complexity index is 1170. The topological polar surface area (TPSA) is 136 Å². The molecule has 0 saturated heterocycles. The van der Waals surface area contributed by atoms with Crippen molar-refractivity contribution in [3.8, 4) is 6.07 Å². The number of hydrogen-bond donors (Lipinski definition) is 1. The molecule has 0 spiro atoms. The first-order valence-corrected chi connectivity index (χ1v) is 14.2. The van der Waals surface area contributed by atoms with E-state index in [4.69, 9.17) is 23.8 Å². The Labute approximate surface area is 230 Å². The highest BCUT2D eigenvalue weighted by Crippen LogP contribution is 2.47. The summed E-state index contributed by atoms with van der Waals surface area (Å²) in [4.78, 5) is 39.1. The Balaban J connectivity index is 2.27. The number of carbonyl (C=O) groups is 1. The van der Waals surface area contributed by atoms with Crippen molar-refractivity contribution in [1.82, 2.24) is 14.2 Å². The minimum absolute atomic E-state index is 0.122. The largest absolute Gasteiger partial charge is 0.457 e. The number of nitrogens with zero attached hydrogens (tertiary/aromatic N) is 3. The summed E-state index contributed by atoms with van der Waals surface area (Å²) < 4.78 is 27.5. The van der Waals surface area contributed by atoms with Crippen LogP contribution in [0.25, 0.3) is 0 Å². The summed E-state index contributed by atoms with van der Waals surface area (Å²) in [7, 11) is -1.53. The first kappa shape index (κ1) is 32.3. The molecule has 0 saturated carbocycles. The number of benzene rings is 1. The highest BCUT2D eigenvalue weighted by atomic mass is 31.2. The fourth-order valence-corrected chi connectivity index (χ4v) is 5.61. The first-order valence-electron chi connectivity index (χ1n) is 13.0. The number of rotatable bonds is 16. The Morgan fingerprint density at radius 1 is 1.10 bits per heavy atom. The molecule has 214 valence electrons. The molecule has 1 N–H and O–H groups in total. The van der Waals surface area contributed by atoms with Crippen LogP contribution in [-0.4, -0.2) is 57.7 Å². The number of hydrogen-bond acceptors (Lipinski definition) is 9. The first-order chi connectivity index (χ1) is 18.6. The van der Waals surface area contributed by atoms with Crippen molar-refractivity contribution in [2.75, 3.05) is 13.2 Å². The number of H-pyrrole nitrogens is 1. The molecule has 11 nitrogen and oxygen atoms in total. The number of esters is 1. The minimum Gasteiger partial charge on any atom is -0.457 e. The molecule has 0 radical (unpaired) electrons. The van der Waals surface area contributed by atoms with E-state index in [9.17, 15) is 14.4 Å². The van der Waals surface area contributed by atoms with Crippen LogP contribution < -0.4 is 11.2 Å². The van der Waals surface area contributed by atoms with Crippen molar-refractivity contribution in [1.29, 1.82) is 5.26 Å². The molecule has 39 heavy (non-hydrogen) atoms. The Kier molecular flexibility index (Phi) is 13.5. The molecular weight excluding hydrogens is 523 g/mol. The minimum atomic E-state index is -1.53. The zero-order chi connectivity index (χ0) is 28.9. The van der Waals surface area contributed by atoms with Gasteiger partial charge in [0.2, 0.25) is 0 Å². The van der Waals surface area contributed by atoms with Gasteiger partial charge in [0.15, 0.2) is 6.23 Å². The van der Waals surface area contributed by atoms with E-state index in [-0.39, 0.29) is 31.7 Å². The van der Waals surface area contributed by atoms with E-state index in [0.717, 1.165) is 0 Å². The van der Waals surface area contributed by atoms with Crippen LogP contribution in [-0.2, 0) is 18.5 Å². The molecular formula is C27H39N4O7P.